The van der Waals surface area contributed by atoms with Gasteiger partial charge in [0.2, 0.25) is 5.91 Å². The van der Waals surface area contributed by atoms with Crippen molar-refractivity contribution in [1.82, 2.24) is 30.0 Å². The van der Waals surface area contributed by atoms with Gasteiger partial charge in [-0.1, -0.05) is 17.8 Å². The number of aromatic amines is 1. The summed E-state index contributed by atoms with van der Waals surface area (Å²) in [4.78, 5) is 24.5. The van der Waals surface area contributed by atoms with Gasteiger partial charge in [0.25, 0.3) is 0 Å². The molecule has 1 aliphatic carbocycles. The summed E-state index contributed by atoms with van der Waals surface area (Å²) < 4.78 is 1.73. The minimum absolute atomic E-state index is 0.0125. The number of carbonyl (C=O) groups is 1. The lowest BCUT2D eigenvalue weighted by Gasteiger charge is -2.17. The number of rotatable bonds is 6. The van der Waals surface area contributed by atoms with E-state index in [0.717, 1.165) is 34.9 Å². The monoisotopic (exact) mass is 356 g/mol. The van der Waals surface area contributed by atoms with Crippen LogP contribution in [0.15, 0.2) is 29.7 Å². The molecule has 1 fully saturated rings. The Morgan fingerprint density at radius 3 is 3.04 bits per heavy atom. The first-order valence-corrected chi connectivity index (χ1v) is 9.31. The van der Waals surface area contributed by atoms with E-state index in [1.54, 1.807) is 4.68 Å². The molecule has 1 atom stereocenters. The molecule has 130 valence electrons. The molecule has 25 heavy (non-hydrogen) atoms. The summed E-state index contributed by atoms with van der Waals surface area (Å²) in [6.07, 6.45) is 3.77. The van der Waals surface area contributed by atoms with E-state index in [1.807, 2.05) is 26.1 Å². The van der Waals surface area contributed by atoms with Gasteiger partial charge in [-0.2, -0.15) is 5.10 Å². The Bertz CT molecular complexity index is 913. The van der Waals surface area contributed by atoms with Crippen molar-refractivity contribution >= 4 is 28.7 Å². The molecule has 2 aromatic heterocycles. The smallest absolute Gasteiger partial charge is 0.231 e. The Kier molecular flexibility index (Phi) is 4.20. The number of hydrogen-bond donors (Lipinski definition) is 2. The van der Waals surface area contributed by atoms with Gasteiger partial charge in [-0.05, 0) is 43.4 Å². The third kappa shape index (κ3) is 3.53. The van der Waals surface area contributed by atoms with Crippen LogP contribution in [0.25, 0.3) is 11.0 Å². The number of carbonyl (C=O) groups excluding carboxylic acids is 1. The molecule has 4 rings (SSSR count). The molecule has 0 aliphatic heterocycles. The topological polar surface area (TPSA) is 88.5 Å². The molecular formula is C17H20N6OS. The lowest BCUT2D eigenvalue weighted by atomic mass is 10.1. The summed E-state index contributed by atoms with van der Waals surface area (Å²) >= 11 is 1.41. The number of nitrogens with one attached hydrogen (secondary N) is 2. The van der Waals surface area contributed by atoms with Crippen LogP contribution in [0.5, 0.6) is 0 Å². The maximum atomic E-state index is 12.4. The fourth-order valence-corrected chi connectivity index (χ4v) is 3.62. The highest BCUT2D eigenvalue weighted by Crippen LogP contribution is 2.40. The van der Waals surface area contributed by atoms with Gasteiger partial charge in [-0.25, -0.2) is 9.97 Å². The molecule has 1 aromatic carbocycles. The maximum Gasteiger partial charge on any atom is 0.231 e. The third-order valence-corrected chi connectivity index (χ3v) is 5.26. The molecule has 8 heteroatoms. The van der Waals surface area contributed by atoms with E-state index in [9.17, 15) is 4.79 Å². The van der Waals surface area contributed by atoms with Gasteiger partial charge in [-0.3, -0.25) is 9.48 Å². The van der Waals surface area contributed by atoms with Crippen LogP contribution in [0, 0.1) is 12.8 Å². The second-order valence-corrected chi connectivity index (χ2v) is 7.44. The van der Waals surface area contributed by atoms with Crippen LogP contribution in [0.4, 0.5) is 0 Å². The molecule has 0 saturated heterocycles. The Hall–Kier alpha value is -2.35. The quantitative estimate of drug-likeness (QED) is 0.662. The van der Waals surface area contributed by atoms with Gasteiger partial charge >= 0.3 is 0 Å². The molecule has 1 unspecified atom stereocenters. The second kappa shape index (κ2) is 6.51. The van der Waals surface area contributed by atoms with Gasteiger partial charge in [0, 0.05) is 7.05 Å². The minimum Gasteiger partial charge on any atom is -0.345 e. The largest absolute Gasteiger partial charge is 0.345 e. The van der Waals surface area contributed by atoms with Crippen LogP contribution in [-0.4, -0.2) is 36.4 Å². The zero-order chi connectivity index (χ0) is 17.4. The van der Waals surface area contributed by atoms with E-state index in [1.165, 1.54) is 23.7 Å². The first kappa shape index (κ1) is 16.1. The van der Waals surface area contributed by atoms with E-state index in [2.05, 4.69) is 31.4 Å². The SMILES string of the molecule is Cc1ccc2nc(SCC(=O)NC(c3ncnn3C)C3CC3)[nH]c2c1. The number of imidazole rings is 1. The van der Waals surface area contributed by atoms with Crippen molar-refractivity contribution in [3.8, 4) is 0 Å². The van der Waals surface area contributed by atoms with Crippen molar-refractivity contribution in [3.05, 3.63) is 35.9 Å². The summed E-state index contributed by atoms with van der Waals surface area (Å²) in [5, 5.41) is 7.99. The lowest BCUT2D eigenvalue weighted by molar-refractivity contribution is -0.119. The van der Waals surface area contributed by atoms with Crippen molar-refractivity contribution in [2.45, 2.75) is 31.0 Å². The molecule has 0 radical (unpaired) electrons. The summed E-state index contributed by atoms with van der Waals surface area (Å²) in [7, 11) is 1.86. The van der Waals surface area contributed by atoms with E-state index in [4.69, 9.17) is 0 Å². The van der Waals surface area contributed by atoms with Crippen LogP contribution in [0.2, 0.25) is 0 Å². The van der Waals surface area contributed by atoms with Crippen molar-refractivity contribution in [3.63, 3.8) is 0 Å². The Morgan fingerprint density at radius 2 is 2.32 bits per heavy atom. The number of H-pyrrole nitrogens is 1. The number of amides is 1. The minimum atomic E-state index is -0.0566. The van der Waals surface area contributed by atoms with Crippen LogP contribution < -0.4 is 5.32 Å². The third-order valence-electron chi connectivity index (χ3n) is 4.39. The van der Waals surface area contributed by atoms with Crippen LogP contribution in [0.1, 0.15) is 30.3 Å². The van der Waals surface area contributed by atoms with Gasteiger partial charge in [0.15, 0.2) is 5.16 Å². The fraction of sp³-hybridized carbons (Fsp3) is 0.412. The van der Waals surface area contributed by atoms with Crippen LogP contribution in [0.3, 0.4) is 0 Å². The fourth-order valence-electron chi connectivity index (χ4n) is 2.93. The van der Waals surface area contributed by atoms with Crippen LogP contribution >= 0.6 is 11.8 Å². The Morgan fingerprint density at radius 1 is 1.48 bits per heavy atom. The normalized spacial score (nSPS) is 15.4. The molecule has 2 N–H and O–H groups in total. The van der Waals surface area contributed by atoms with Gasteiger partial charge in [0.1, 0.15) is 12.2 Å². The van der Waals surface area contributed by atoms with Gasteiger partial charge in [0.05, 0.1) is 22.8 Å². The maximum absolute atomic E-state index is 12.4. The summed E-state index contributed by atoms with van der Waals surface area (Å²) in [5.41, 5.74) is 3.10. The Labute approximate surface area is 149 Å². The molecule has 7 nitrogen and oxygen atoms in total. The number of hydrogen-bond acceptors (Lipinski definition) is 5. The van der Waals surface area contributed by atoms with Gasteiger partial charge in [-0.15, -0.1) is 0 Å². The predicted molar refractivity (Wildman–Crippen MR) is 96.2 cm³/mol. The zero-order valence-electron chi connectivity index (χ0n) is 14.2. The van der Waals surface area contributed by atoms with E-state index < -0.39 is 0 Å². The molecule has 1 saturated carbocycles. The van der Waals surface area contributed by atoms with E-state index in [0.29, 0.717) is 11.7 Å². The summed E-state index contributed by atoms with van der Waals surface area (Å²) in [5.74, 6) is 1.59. The molecule has 0 spiro atoms. The molecule has 3 aromatic rings. The van der Waals surface area contributed by atoms with Crippen molar-refractivity contribution in [2.24, 2.45) is 13.0 Å². The highest BCUT2D eigenvalue weighted by molar-refractivity contribution is 7.99. The summed E-state index contributed by atoms with van der Waals surface area (Å²) in [6, 6.07) is 6.02. The van der Waals surface area contributed by atoms with Crippen molar-refractivity contribution < 1.29 is 4.79 Å². The van der Waals surface area contributed by atoms with E-state index >= 15 is 0 Å². The van der Waals surface area contributed by atoms with Gasteiger partial charge < -0.3 is 10.3 Å². The van der Waals surface area contributed by atoms with Crippen molar-refractivity contribution in [1.29, 1.82) is 0 Å². The summed E-state index contributed by atoms with van der Waals surface area (Å²) in [6.45, 7) is 2.05. The molecular weight excluding hydrogens is 336 g/mol. The predicted octanol–water partition coefficient (Wildman–Crippen LogP) is 2.36. The number of benzene rings is 1. The van der Waals surface area contributed by atoms with E-state index in [-0.39, 0.29) is 11.9 Å². The first-order chi connectivity index (χ1) is 12.1. The second-order valence-electron chi connectivity index (χ2n) is 6.48. The lowest BCUT2D eigenvalue weighted by Crippen LogP contribution is -2.33. The number of nitrogens with zero attached hydrogens (tertiary/aromatic N) is 4. The number of fused-ring (bicyclic) bond motifs is 1. The first-order valence-electron chi connectivity index (χ1n) is 8.32. The Balaban J connectivity index is 1.40. The molecule has 1 amide bonds. The zero-order valence-corrected chi connectivity index (χ0v) is 15.0. The number of aromatic nitrogens is 5. The van der Waals surface area contributed by atoms with Crippen LogP contribution in [-0.2, 0) is 11.8 Å². The average Bonchev–Trinajstić information content (AvgIpc) is 3.22. The average molecular weight is 356 g/mol. The highest BCUT2D eigenvalue weighted by atomic mass is 32.2. The standard InChI is InChI=1S/C17H20N6OS/c1-10-3-6-12-13(7-10)21-17(20-12)25-8-14(24)22-15(11-4-5-11)16-18-9-19-23(16)2/h3,6-7,9,11,15H,4-5,8H2,1-2H3,(H,20,21)(H,22,24). The highest BCUT2D eigenvalue weighted by Gasteiger charge is 2.36. The number of thioether (sulfide) groups is 1. The van der Waals surface area contributed by atoms with Crippen molar-refractivity contribution in [2.75, 3.05) is 5.75 Å². The molecule has 2 heterocycles. The molecule has 1 aliphatic rings. The molecule has 0 bridgehead atoms. The number of aryl methyl sites for hydroxylation is 2.